The van der Waals surface area contributed by atoms with Crippen LogP contribution in [0.15, 0.2) is 41.6 Å². The predicted molar refractivity (Wildman–Crippen MR) is 132 cm³/mol. The zero-order valence-electron chi connectivity index (χ0n) is 20.0. The molecule has 2 aromatic heterocycles. The number of pyridine rings is 1. The van der Waals surface area contributed by atoms with Crippen molar-refractivity contribution in [3.63, 3.8) is 0 Å². The van der Waals surface area contributed by atoms with E-state index in [0.29, 0.717) is 12.2 Å². The molecule has 182 valence electrons. The zero-order chi connectivity index (χ0) is 25.2. The molecule has 9 nitrogen and oxygen atoms in total. The third kappa shape index (κ3) is 5.11. The molecule has 10 heteroatoms. The lowest BCUT2D eigenvalue weighted by molar-refractivity contribution is -0.118. The maximum Gasteiger partial charge on any atom is 0.283 e. The monoisotopic (exact) mass is 492 g/mol. The van der Waals surface area contributed by atoms with E-state index >= 15 is 0 Å². The van der Waals surface area contributed by atoms with Crippen LogP contribution in [0.4, 0.5) is 5.82 Å². The summed E-state index contributed by atoms with van der Waals surface area (Å²) in [5.41, 5.74) is 5.35. The Kier molecular flexibility index (Phi) is 7.00. The first kappa shape index (κ1) is 24.6. The number of rotatable bonds is 8. The lowest BCUT2D eigenvalue weighted by Crippen LogP contribution is -2.32. The van der Waals surface area contributed by atoms with Gasteiger partial charge in [-0.1, -0.05) is 18.7 Å². The van der Waals surface area contributed by atoms with E-state index in [1.54, 1.807) is 30.1 Å². The molecule has 35 heavy (non-hydrogen) atoms. The standard InChI is InChI=1S/C25H28N6O3S/c1-16(2)31-19(15-26-3)13-25(29-31)35(33,34)30-24(32)14-22-20-7-5-6-17(20)8-9-21(22)18-10-11-28-23(12-18)27-4/h8-13,16,26H,5-7,14-15H2,1-3H3,(H,30,32). The highest BCUT2D eigenvalue weighted by molar-refractivity contribution is 7.90. The van der Waals surface area contributed by atoms with Gasteiger partial charge in [-0.3, -0.25) is 9.48 Å². The van der Waals surface area contributed by atoms with Crippen LogP contribution in [0, 0.1) is 6.57 Å². The molecule has 0 fully saturated rings. The normalized spacial score (nSPS) is 13.0. The molecule has 2 heterocycles. The molecule has 1 amide bonds. The van der Waals surface area contributed by atoms with E-state index in [4.69, 9.17) is 6.57 Å². The number of aromatic nitrogens is 3. The molecule has 2 N–H and O–H groups in total. The van der Waals surface area contributed by atoms with Crippen molar-refractivity contribution in [2.75, 3.05) is 7.05 Å². The van der Waals surface area contributed by atoms with Crippen molar-refractivity contribution in [1.29, 1.82) is 0 Å². The van der Waals surface area contributed by atoms with Crippen molar-refractivity contribution in [1.82, 2.24) is 24.8 Å². The number of nitrogens with zero attached hydrogens (tertiary/aromatic N) is 4. The maximum absolute atomic E-state index is 13.1. The second-order valence-electron chi connectivity index (χ2n) is 8.85. The second-order valence-corrected chi connectivity index (χ2v) is 10.5. The summed E-state index contributed by atoms with van der Waals surface area (Å²) in [6, 6.07) is 8.93. The molecule has 0 saturated carbocycles. The topological polar surface area (TPSA) is 110 Å². The number of amides is 1. The van der Waals surface area contributed by atoms with Crippen LogP contribution in [0.1, 0.15) is 48.7 Å². The molecular weight excluding hydrogens is 464 g/mol. The van der Waals surface area contributed by atoms with Crippen LogP contribution in [0.3, 0.4) is 0 Å². The number of fused-ring (bicyclic) bond motifs is 1. The summed E-state index contributed by atoms with van der Waals surface area (Å²) in [6.07, 6.45) is 4.20. The quantitative estimate of drug-likeness (QED) is 0.467. The highest BCUT2D eigenvalue weighted by Crippen LogP contribution is 2.34. The molecule has 0 bridgehead atoms. The number of hydrogen-bond acceptors (Lipinski definition) is 6. The van der Waals surface area contributed by atoms with Crippen molar-refractivity contribution in [2.45, 2.75) is 57.1 Å². The first-order valence-corrected chi connectivity index (χ1v) is 13.0. The Morgan fingerprint density at radius 2 is 2.03 bits per heavy atom. The third-order valence-corrected chi connectivity index (χ3v) is 7.32. The van der Waals surface area contributed by atoms with Gasteiger partial charge in [0.25, 0.3) is 15.8 Å². The smallest absolute Gasteiger partial charge is 0.283 e. The third-order valence-electron chi connectivity index (χ3n) is 6.07. The average molecular weight is 493 g/mol. The molecule has 0 aliphatic heterocycles. The van der Waals surface area contributed by atoms with Gasteiger partial charge in [-0.15, -0.1) is 4.98 Å². The van der Waals surface area contributed by atoms with Crippen LogP contribution < -0.4 is 10.0 Å². The molecule has 0 spiro atoms. The second kappa shape index (κ2) is 9.98. The summed E-state index contributed by atoms with van der Waals surface area (Å²) < 4.78 is 29.9. The first-order chi connectivity index (χ1) is 16.7. The van der Waals surface area contributed by atoms with Crippen LogP contribution in [0.2, 0.25) is 0 Å². The molecule has 1 aliphatic carbocycles. The van der Waals surface area contributed by atoms with Crippen molar-refractivity contribution < 1.29 is 13.2 Å². The van der Waals surface area contributed by atoms with E-state index in [2.05, 4.69) is 31.0 Å². The van der Waals surface area contributed by atoms with E-state index in [9.17, 15) is 13.2 Å². The van der Waals surface area contributed by atoms with Gasteiger partial charge in [0, 0.05) is 18.7 Å². The van der Waals surface area contributed by atoms with E-state index in [1.165, 1.54) is 11.6 Å². The molecule has 0 atom stereocenters. The highest BCUT2D eigenvalue weighted by Gasteiger charge is 2.26. The van der Waals surface area contributed by atoms with E-state index in [-0.39, 0.29) is 23.3 Å². The number of sulfonamides is 1. The Morgan fingerprint density at radius 3 is 2.74 bits per heavy atom. The van der Waals surface area contributed by atoms with E-state index in [0.717, 1.165) is 41.5 Å². The molecule has 3 aromatic rings. The molecule has 1 aliphatic rings. The van der Waals surface area contributed by atoms with Crippen LogP contribution in [-0.2, 0) is 40.6 Å². The predicted octanol–water partition coefficient (Wildman–Crippen LogP) is 3.33. The highest BCUT2D eigenvalue weighted by atomic mass is 32.2. The zero-order valence-corrected chi connectivity index (χ0v) is 20.8. The fourth-order valence-corrected chi connectivity index (χ4v) is 5.52. The van der Waals surface area contributed by atoms with Crippen LogP contribution in [-0.4, -0.2) is 36.1 Å². The number of hydrogen-bond donors (Lipinski definition) is 2. The van der Waals surface area contributed by atoms with Gasteiger partial charge in [-0.05, 0) is 80.1 Å². The van der Waals surface area contributed by atoms with Crippen molar-refractivity contribution in [2.24, 2.45) is 0 Å². The van der Waals surface area contributed by atoms with E-state index in [1.807, 2.05) is 19.9 Å². The van der Waals surface area contributed by atoms with Gasteiger partial charge in [0.2, 0.25) is 5.91 Å². The largest absolute Gasteiger partial charge is 0.361 e. The number of nitrogens with one attached hydrogen (secondary N) is 2. The fraction of sp³-hybridized carbons (Fsp3) is 0.360. The minimum atomic E-state index is -4.14. The van der Waals surface area contributed by atoms with Gasteiger partial charge in [0.05, 0.1) is 12.1 Å². The van der Waals surface area contributed by atoms with Crippen molar-refractivity contribution in [3.05, 3.63) is 70.3 Å². The molecule has 4 rings (SSSR count). The van der Waals surface area contributed by atoms with Gasteiger partial charge >= 0.3 is 0 Å². The lowest BCUT2D eigenvalue weighted by atomic mass is 9.91. The van der Waals surface area contributed by atoms with Gasteiger partial charge < -0.3 is 10.2 Å². The van der Waals surface area contributed by atoms with Gasteiger partial charge in [-0.25, -0.2) is 4.72 Å². The van der Waals surface area contributed by atoms with Crippen molar-refractivity contribution in [3.8, 4) is 11.1 Å². The molecule has 0 unspecified atom stereocenters. The van der Waals surface area contributed by atoms with E-state index < -0.39 is 15.9 Å². The van der Waals surface area contributed by atoms with Crippen molar-refractivity contribution >= 4 is 21.7 Å². The average Bonchev–Trinajstić information content (AvgIpc) is 3.47. The molecule has 0 saturated heterocycles. The lowest BCUT2D eigenvalue weighted by Gasteiger charge is -2.15. The van der Waals surface area contributed by atoms with Crippen LogP contribution in [0.5, 0.6) is 0 Å². The minimum Gasteiger partial charge on any atom is -0.361 e. The Bertz CT molecular complexity index is 1420. The number of carbonyl (C=O) groups excluding carboxylic acids is 1. The first-order valence-electron chi connectivity index (χ1n) is 11.5. The summed E-state index contributed by atoms with van der Waals surface area (Å²) in [5.74, 6) is -0.362. The van der Waals surface area contributed by atoms with Crippen LogP contribution in [0.25, 0.3) is 16.0 Å². The number of aryl methyl sites for hydroxylation is 1. The Balaban J connectivity index is 1.65. The Labute approximate surface area is 205 Å². The van der Waals surface area contributed by atoms with Gasteiger partial charge in [-0.2, -0.15) is 13.5 Å². The minimum absolute atomic E-state index is 0.0341. The summed E-state index contributed by atoms with van der Waals surface area (Å²) >= 11 is 0. The molecule has 1 aromatic carbocycles. The fourth-order valence-electron chi connectivity index (χ4n) is 4.56. The maximum atomic E-state index is 13.1. The number of benzene rings is 1. The summed E-state index contributed by atoms with van der Waals surface area (Å²) in [7, 11) is -2.37. The molecule has 0 radical (unpaired) electrons. The number of carbonyl (C=O) groups is 1. The SMILES string of the molecule is [C-]#[N+]c1cc(-c2ccc3c(c2CC(=O)NS(=O)(=O)c2cc(CNC)n(C(C)C)n2)CCC3)ccn1. The van der Waals surface area contributed by atoms with Gasteiger partial charge in [0.1, 0.15) is 6.20 Å². The summed E-state index contributed by atoms with van der Waals surface area (Å²) in [4.78, 5) is 20.5. The van der Waals surface area contributed by atoms with Gasteiger partial charge in [0.15, 0.2) is 5.03 Å². The summed E-state index contributed by atoms with van der Waals surface area (Å²) in [6.45, 7) is 11.5. The molecular formula is C25H28N6O3S. The Morgan fingerprint density at radius 1 is 1.23 bits per heavy atom. The van der Waals surface area contributed by atoms with Crippen LogP contribution >= 0.6 is 0 Å². The Hall–Kier alpha value is -3.55. The summed E-state index contributed by atoms with van der Waals surface area (Å²) in [5, 5.41) is 7.07.